The minimum absolute atomic E-state index is 0.0813. The minimum atomic E-state index is 0.0813. The fraction of sp³-hybridized carbons (Fsp3) is 0.760. The molecule has 0 aliphatic heterocycles. The van der Waals surface area contributed by atoms with Crippen LogP contribution in [0.5, 0.6) is 0 Å². The highest BCUT2D eigenvalue weighted by Gasteiger charge is 2.07. The molecule has 0 spiro atoms. The Hall–Kier alpha value is -0.860. The van der Waals surface area contributed by atoms with Gasteiger partial charge in [-0.3, -0.25) is 0 Å². The van der Waals surface area contributed by atoms with Gasteiger partial charge in [-0.2, -0.15) is 0 Å². The molecule has 0 saturated heterocycles. The number of aliphatic hydroxyl groups excluding tert-OH is 1. The van der Waals surface area contributed by atoms with Crippen molar-refractivity contribution in [1.82, 2.24) is 5.32 Å². The highest BCUT2D eigenvalue weighted by atomic mass is 16.3. The SMILES string of the molecule is CCCCCCCCCCCCCCCCCN[C@H](CO)c1ccccc1. The molecule has 0 aliphatic rings. The maximum absolute atomic E-state index is 9.54. The van der Waals surface area contributed by atoms with Crippen LogP contribution in [0.3, 0.4) is 0 Å². The van der Waals surface area contributed by atoms with Gasteiger partial charge in [0.1, 0.15) is 0 Å². The zero-order valence-corrected chi connectivity index (χ0v) is 17.9. The third-order valence-corrected chi connectivity index (χ3v) is 5.56. The van der Waals surface area contributed by atoms with Crippen molar-refractivity contribution in [3.05, 3.63) is 35.9 Å². The summed E-state index contributed by atoms with van der Waals surface area (Å²) in [6, 6.07) is 10.3. The highest BCUT2D eigenvalue weighted by molar-refractivity contribution is 5.18. The van der Waals surface area contributed by atoms with E-state index in [4.69, 9.17) is 0 Å². The predicted octanol–water partition coefficient (Wildman–Crippen LogP) is 7.18. The summed E-state index contributed by atoms with van der Waals surface area (Å²) >= 11 is 0. The molecule has 0 amide bonds. The molecule has 2 N–H and O–H groups in total. The average Bonchev–Trinajstić information content (AvgIpc) is 2.71. The smallest absolute Gasteiger partial charge is 0.0626 e. The van der Waals surface area contributed by atoms with Gasteiger partial charge in [-0.1, -0.05) is 127 Å². The van der Waals surface area contributed by atoms with Crippen molar-refractivity contribution in [2.45, 2.75) is 109 Å². The molecule has 0 saturated carbocycles. The van der Waals surface area contributed by atoms with E-state index in [-0.39, 0.29) is 12.6 Å². The van der Waals surface area contributed by atoms with Crippen molar-refractivity contribution in [3.8, 4) is 0 Å². The van der Waals surface area contributed by atoms with E-state index in [1.54, 1.807) is 0 Å². The van der Waals surface area contributed by atoms with Crippen LogP contribution >= 0.6 is 0 Å². The monoisotopic (exact) mass is 375 g/mol. The third-order valence-electron chi connectivity index (χ3n) is 5.56. The van der Waals surface area contributed by atoms with Crippen molar-refractivity contribution in [1.29, 1.82) is 0 Å². The van der Waals surface area contributed by atoms with Gasteiger partial charge in [-0.15, -0.1) is 0 Å². The van der Waals surface area contributed by atoms with Gasteiger partial charge >= 0.3 is 0 Å². The van der Waals surface area contributed by atoms with Crippen LogP contribution in [0, 0.1) is 0 Å². The van der Waals surface area contributed by atoms with Crippen molar-refractivity contribution < 1.29 is 5.11 Å². The maximum Gasteiger partial charge on any atom is 0.0626 e. The molecule has 0 aliphatic carbocycles. The molecule has 2 heteroatoms. The van der Waals surface area contributed by atoms with E-state index in [1.807, 2.05) is 18.2 Å². The molecule has 0 fully saturated rings. The largest absolute Gasteiger partial charge is 0.394 e. The Morgan fingerprint density at radius 1 is 0.667 bits per heavy atom. The second kappa shape index (κ2) is 18.5. The van der Waals surface area contributed by atoms with Gasteiger partial charge in [-0.25, -0.2) is 0 Å². The Labute approximate surface area is 169 Å². The lowest BCUT2D eigenvalue weighted by Gasteiger charge is -2.16. The summed E-state index contributed by atoms with van der Waals surface area (Å²) in [7, 11) is 0. The van der Waals surface area contributed by atoms with E-state index in [9.17, 15) is 5.11 Å². The zero-order chi connectivity index (χ0) is 19.4. The van der Waals surface area contributed by atoms with Gasteiger partial charge < -0.3 is 10.4 Å². The van der Waals surface area contributed by atoms with Gasteiger partial charge in [-0.05, 0) is 18.5 Å². The molecule has 27 heavy (non-hydrogen) atoms. The zero-order valence-electron chi connectivity index (χ0n) is 17.9. The Kier molecular flexibility index (Phi) is 16.6. The number of unbranched alkanes of at least 4 members (excludes halogenated alkanes) is 14. The molecular formula is C25H45NO. The van der Waals surface area contributed by atoms with Crippen LogP contribution in [0.4, 0.5) is 0 Å². The lowest BCUT2D eigenvalue weighted by atomic mass is 10.0. The quantitative estimate of drug-likeness (QED) is 0.251. The van der Waals surface area contributed by atoms with Crippen molar-refractivity contribution in [2.75, 3.05) is 13.2 Å². The van der Waals surface area contributed by atoms with Crippen molar-refractivity contribution in [2.24, 2.45) is 0 Å². The van der Waals surface area contributed by atoms with E-state index < -0.39 is 0 Å². The summed E-state index contributed by atoms with van der Waals surface area (Å²) in [4.78, 5) is 0. The molecule has 1 aromatic rings. The van der Waals surface area contributed by atoms with E-state index in [0.29, 0.717) is 0 Å². The first-order valence-electron chi connectivity index (χ1n) is 11.8. The number of aliphatic hydroxyl groups is 1. The lowest BCUT2D eigenvalue weighted by Crippen LogP contribution is -2.25. The highest BCUT2D eigenvalue weighted by Crippen LogP contribution is 2.14. The van der Waals surface area contributed by atoms with Crippen LogP contribution < -0.4 is 5.32 Å². The number of hydrogen-bond acceptors (Lipinski definition) is 2. The predicted molar refractivity (Wildman–Crippen MR) is 119 cm³/mol. The Morgan fingerprint density at radius 2 is 1.11 bits per heavy atom. The molecule has 0 heterocycles. The van der Waals surface area contributed by atoms with E-state index in [2.05, 4.69) is 24.4 Å². The minimum Gasteiger partial charge on any atom is -0.394 e. The first kappa shape index (κ1) is 24.2. The number of hydrogen-bond donors (Lipinski definition) is 2. The fourth-order valence-electron chi connectivity index (χ4n) is 3.75. The number of nitrogens with one attached hydrogen (secondary N) is 1. The Morgan fingerprint density at radius 3 is 1.56 bits per heavy atom. The number of rotatable bonds is 19. The van der Waals surface area contributed by atoms with Crippen LogP contribution in [-0.4, -0.2) is 18.3 Å². The summed E-state index contributed by atoms with van der Waals surface area (Å²) < 4.78 is 0. The van der Waals surface area contributed by atoms with Gasteiger partial charge in [0.15, 0.2) is 0 Å². The second-order valence-corrected chi connectivity index (χ2v) is 8.05. The molecule has 1 aromatic carbocycles. The van der Waals surface area contributed by atoms with Crippen LogP contribution in [0.15, 0.2) is 30.3 Å². The molecular weight excluding hydrogens is 330 g/mol. The van der Waals surface area contributed by atoms with Crippen molar-refractivity contribution in [3.63, 3.8) is 0 Å². The van der Waals surface area contributed by atoms with E-state index in [1.165, 1.54) is 102 Å². The molecule has 0 aromatic heterocycles. The first-order valence-corrected chi connectivity index (χ1v) is 11.8. The van der Waals surface area contributed by atoms with Gasteiger partial charge in [0.05, 0.1) is 12.6 Å². The molecule has 156 valence electrons. The molecule has 0 bridgehead atoms. The van der Waals surface area contributed by atoms with Crippen LogP contribution in [0.25, 0.3) is 0 Å². The topological polar surface area (TPSA) is 32.3 Å². The van der Waals surface area contributed by atoms with Crippen LogP contribution in [-0.2, 0) is 0 Å². The summed E-state index contributed by atoms with van der Waals surface area (Å²) in [5.41, 5.74) is 1.18. The van der Waals surface area contributed by atoms with Gasteiger partial charge in [0, 0.05) is 0 Å². The first-order chi connectivity index (χ1) is 13.4. The average molecular weight is 376 g/mol. The standard InChI is InChI=1S/C25H45NO/c1-2-3-4-5-6-7-8-9-10-11-12-13-14-15-19-22-26-25(23-27)24-20-17-16-18-21-24/h16-18,20-21,25-27H,2-15,19,22-23H2,1H3/t25-/m1/s1. The van der Waals surface area contributed by atoms with Gasteiger partial charge in [0.25, 0.3) is 0 Å². The number of benzene rings is 1. The van der Waals surface area contributed by atoms with Gasteiger partial charge in [0.2, 0.25) is 0 Å². The molecule has 0 radical (unpaired) electrons. The second-order valence-electron chi connectivity index (χ2n) is 8.05. The van der Waals surface area contributed by atoms with Crippen molar-refractivity contribution >= 4 is 0 Å². The molecule has 0 unspecified atom stereocenters. The van der Waals surface area contributed by atoms with Crippen LogP contribution in [0.2, 0.25) is 0 Å². The lowest BCUT2D eigenvalue weighted by molar-refractivity contribution is 0.244. The summed E-state index contributed by atoms with van der Waals surface area (Å²) in [6.07, 6.45) is 21.0. The third kappa shape index (κ3) is 13.9. The normalized spacial score (nSPS) is 12.4. The fourth-order valence-corrected chi connectivity index (χ4v) is 3.75. The Balaban J connectivity index is 1.81. The van der Waals surface area contributed by atoms with E-state index >= 15 is 0 Å². The molecule has 2 nitrogen and oxygen atoms in total. The summed E-state index contributed by atoms with van der Waals surface area (Å²) in [6.45, 7) is 3.46. The molecule has 1 rings (SSSR count). The molecule has 1 atom stereocenters. The Bertz CT molecular complexity index is 406. The maximum atomic E-state index is 9.54. The summed E-state index contributed by atoms with van der Waals surface area (Å²) in [5.74, 6) is 0. The summed E-state index contributed by atoms with van der Waals surface area (Å²) in [5, 5.41) is 13.0. The van der Waals surface area contributed by atoms with Crippen LogP contribution in [0.1, 0.15) is 115 Å². The van der Waals surface area contributed by atoms with E-state index in [0.717, 1.165) is 6.54 Å².